The highest BCUT2D eigenvalue weighted by atomic mass is 32.2. The standard InChI is InChI=1S/C17H19N5O4S/c1-13-18-7-8-22(13)17-11-16(19-12-20-17)21-27(23,24)10-9-26-15-5-3-14(25-2)4-6-15/h3-8,11-12H,9-10H2,1-2H3,(H,19,20,21). The van der Waals surface area contributed by atoms with E-state index in [1.807, 2.05) is 6.92 Å². The number of ether oxygens (including phenoxy) is 2. The summed E-state index contributed by atoms with van der Waals surface area (Å²) < 4.78 is 39.2. The Labute approximate surface area is 157 Å². The van der Waals surface area contributed by atoms with E-state index in [2.05, 4.69) is 19.7 Å². The Hall–Kier alpha value is -3.14. The molecule has 0 unspecified atom stereocenters. The molecule has 9 nitrogen and oxygen atoms in total. The summed E-state index contributed by atoms with van der Waals surface area (Å²) in [5, 5.41) is 0. The number of anilines is 1. The molecule has 2 heterocycles. The van der Waals surface area contributed by atoms with Gasteiger partial charge in [-0.25, -0.2) is 23.4 Å². The molecule has 3 rings (SSSR count). The lowest BCUT2D eigenvalue weighted by Crippen LogP contribution is -2.22. The van der Waals surface area contributed by atoms with Crippen LogP contribution in [-0.2, 0) is 10.0 Å². The SMILES string of the molecule is COc1ccc(OCCS(=O)(=O)Nc2cc(-n3ccnc3C)ncn2)cc1. The Kier molecular flexibility index (Phi) is 5.55. The molecule has 0 saturated carbocycles. The maximum absolute atomic E-state index is 12.3. The van der Waals surface area contributed by atoms with Gasteiger partial charge in [0.1, 0.15) is 47.6 Å². The van der Waals surface area contributed by atoms with Crippen molar-refractivity contribution in [2.24, 2.45) is 0 Å². The molecule has 0 aliphatic heterocycles. The van der Waals surface area contributed by atoms with Crippen LogP contribution in [-0.4, -0.2) is 47.4 Å². The molecule has 0 spiro atoms. The average Bonchev–Trinajstić information content (AvgIpc) is 3.08. The molecule has 0 aliphatic rings. The molecule has 1 aromatic carbocycles. The van der Waals surface area contributed by atoms with Gasteiger partial charge in [-0.1, -0.05) is 0 Å². The molecule has 0 aliphatic carbocycles. The zero-order chi connectivity index (χ0) is 19.3. The van der Waals surface area contributed by atoms with Crippen molar-refractivity contribution in [3.8, 4) is 17.3 Å². The Balaban J connectivity index is 1.60. The van der Waals surface area contributed by atoms with Crippen molar-refractivity contribution in [3.63, 3.8) is 0 Å². The van der Waals surface area contributed by atoms with E-state index in [4.69, 9.17) is 9.47 Å². The fourth-order valence-electron chi connectivity index (χ4n) is 2.31. The number of aromatic nitrogens is 4. The molecule has 0 radical (unpaired) electrons. The average molecular weight is 389 g/mol. The summed E-state index contributed by atoms with van der Waals surface area (Å²) in [7, 11) is -2.06. The van der Waals surface area contributed by atoms with E-state index in [-0.39, 0.29) is 18.2 Å². The van der Waals surface area contributed by atoms with Gasteiger partial charge in [-0.15, -0.1) is 0 Å². The first-order valence-corrected chi connectivity index (χ1v) is 9.72. The minimum absolute atomic E-state index is 0.000230. The van der Waals surface area contributed by atoms with Crippen LogP contribution < -0.4 is 14.2 Å². The second-order valence-electron chi connectivity index (χ2n) is 5.55. The largest absolute Gasteiger partial charge is 0.497 e. The molecular formula is C17H19N5O4S. The van der Waals surface area contributed by atoms with Crippen molar-refractivity contribution in [2.75, 3.05) is 24.2 Å². The molecule has 3 aromatic rings. The summed E-state index contributed by atoms with van der Waals surface area (Å²) in [6, 6.07) is 8.44. The maximum Gasteiger partial charge on any atom is 0.237 e. The summed E-state index contributed by atoms with van der Waals surface area (Å²) in [6.45, 7) is 1.82. The quantitative estimate of drug-likeness (QED) is 0.626. The van der Waals surface area contributed by atoms with Gasteiger partial charge in [0.05, 0.1) is 7.11 Å². The molecule has 0 saturated heterocycles. The number of benzene rings is 1. The van der Waals surface area contributed by atoms with Crippen molar-refractivity contribution >= 4 is 15.8 Å². The first kappa shape index (κ1) is 18.6. The molecule has 0 amide bonds. The first-order chi connectivity index (χ1) is 13.0. The lowest BCUT2D eigenvalue weighted by molar-refractivity contribution is 0.340. The number of rotatable bonds is 8. The molecule has 0 atom stereocenters. The summed E-state index contributed by atoms with van der Waals surface area (Å²) in [6.07, 6.45) is 4.66. The molecule has 27 heavy (non-hydrogen) atoms. The van der Waals surface area contributed by atoms with Crippen LogP contribution in [0.25, 0.3) is 5.82 Å². The van der Waals surface area contributed by atoms with Gasteiger partial charge in [-0.3, -0.25) is 9.29 Å². The molecule has 0 fully saturated rings. The van der Waals surface area contributed by atoms with Gasteiger partial charge in [0, 0.05) is 18.5 Å². The Morgan fingerprint density at radius 1 is 1.11 bits per heavy atom. The number of imidazole rings is 1. The van der Waals surface area contributed by atoms with Crippen LogP contribution in [0, 0.1) is 6.92 Å². The van der Waals surface area contributed by atoms with E-state index >= 15 is 0 Å². The van der Waals surface area contributed by atoms with Crippen molar-refractivity contribution < 1.29 is 17.9 Å². The van der Waals surface area contributed by atoms with Crippen molar-refractivity contribution in [1.29, 1.82) is 0 Å². The number of hydrogen-bond donors (Lipinski definition) is 1. The van der Waals surface area contributed by atoms with Gasteiger partial charge in [0.25, 0.3) is 0 Å². The lowest BCUT2D eigenvalue weighted by Gasteiger charge is -2.10. The second-order valence-corrected chi connectivity index (χ2v) is 7.39. The number of nitrogens with zero attached hydrogens (tertiary/aromatic N) is 4. The van der Waals surface area contributed by atoms with Gasteiger partial charge in [0.15, 0.2) is 0 Å². The van der Waals surface area contributed by atoms with Gasteiger partial charge < -0.3 is 9.47 Å². The molecular weight excluding hydrogens is 370 g/mol. The summed E-state index contributed by atoms with van der Waals surface area (Å²) in [5.41, 5.74) is 0. The van der Waals surface area contributed by atoms with Crippen LogP contribution in [0.5, 0.6) is 11.5 Å². The summed E-state index contributed by atoms with van der Waals surface area (Å²) in [4.78, 5) is 12.2. The van der Waals surface area contributed by atoms with Crippen LogP contribution in [0.15, 0.2) is 49.1 Å². The van der Waals surface area contributed by atoms with Crippen molar-refractivity contribution in [1.82, 2.24) is 19.5 Å². The monoisotopic (exact) mass is 389 g/mol. The highest BCUT2D eigenvalue weighted by molar-refractivity contribution is 7.92. The fraction of sp³-hybridized carbons (Fsp3) is 0.235. The first-order valence-electron chi connectivity index (χ1n) is 8.06. The minimum Gasteiger partial charge on any atom is -0.497 e. The smallest absolute Gasteiger partial charge is 0.237 e. The Morgan fingerprint density at radius 3 is 2.52 bits per heavy atom. The van der Waals surface area contributed by atoms with Crippen LogP contribution in [0.2, 0.25) is 0 Å². The fourth-order valence-corrected chi connectivity index (χ4v) is 3.14. The summed E-state index contributed by atoms with van der Waals surface area (Å²) in [5.74, 6) is 2.47. The van der Waals surface area contributed by atoms with Gasteiger partial charge in [-0.05, 0) is 31.2 Å². The predicted molar refractivity (Wildman–Crippen MR) is 99.8 cm³/mol. The number of sulfonamides is 1. The van der Waals surface area contributed by atoms with E-state index in [9.17, 15) is 8.42 Å². The molecule has 142 valence electrons. The van der Waals surface area contributed by atoms with Crippen molar-refractivity contribution in [2.45, 2.75) is 6.92 Å². The predicted octanol–water partition coefficient (Wildman–Crippen LogP) is 1.80. The Bertz CT molecular complexity index is 1000. The van der Waals surface area contributed by atoms with Crippen molar-refractivity contribution in [3.05, 3.63) is 54.9 Å². The number of nitrogens with one attached hydrogen (secondary N) is 1. The zero-order valence-corrected chi connectivity index (χ0v) is 15.7. The lowest BCUT2D eigenvalue weighted by atomic mass is 10.3. The number of aryl methyl sites for hydroxylation is 1. The van der Waals surface area contributed by atoms with Crippen LogP contribution in [0.3, 0.4) is 0 Å². The molecule has 1 N–H and O–H groups in total. The van der Waals surface area contributed by atoms with E-state index in [1.54, 1.807) is 48.3 Å². The zero-order valence-electron chi connectivity index (χ0n) is 14.9. The third kappa shape index (κ3) is 4.94. The highest BCUT2D eigenvalue weighted by Gasteiger charge is 2.13. The normalized spacial score (nSPS) is 11.2. The topological polar surface area (TPSA) is 108 Å². The van der Waals surface area contributed by atoms with Gasteiger partial charge in [0.2, 0.25) is 10.0 Å². The Morgan fingerprint density at radius 2 is 1.85 bits per heavy atom. The van der Waals surface area contributed by atoms with E-state index in [1.165, 1.54) is 12.4 Å². The van der Waals surface area contributed by atoms with E-state index in [0.717, 1.165) is 5.82 Å². The minimum atomic E-state index is -3.63. The number of methoxy groups -OCH3 is 1. The van der Waals surface area contributed by atoms with Gasteiger partial charge in [-0.2, -0.15) is 0 Å². The molecule has 10 heteroatoms. The molecule has 0 bridgehead atoms. The maximum atomic E-state index is 12.3. The van der Waals surface area contributed by atoms with E-state index in [0.29, 0.717) is 17.3 Å². The van der Waals surface area contributed by atoms with Gasteiger partial charge >= 0.3 is 0 Å². The number of hydrogen-bond acceptors (Lipinski definition) is 7. The van der Waals surface area contributed by atoms with E-state index < -0.39 is 10.0 Å². The highest BCUT2D eigenvalue weighted by Crippen LogP contribution is 2.17. The second kappa shape index (κ2) is 8.04. The summed E-state index contributed by atoms with van der Waals surface area (Å²) >= 11 is 0. The third-order valence-electron chi connectivity index (χ3n) is 3.67. The third-order valence-corrected chi connectivity index (χ3v) is 4.89. The van der Waals surface area contributed by atoms with Crippen LogP contribution in [0.1, 0.15) is 5.82 Å². The van der Waals surface area contributed by atoms with Crippen LogP contribution >= 0.6 is 0 Å². The molecule has 2 aromatic heterocycles. The van der Waals surface area contributed by atoms with Crippen LogP contribution in [0.4, 0.5) is 5.82 Å².